The Balaban J connectivity index is 5.05. The van der Waals surface area contributed by atoms with E-state index in [0.717, 1.165) is 39.9 Å². The summed E-state index contributed by atoms with van der Waals surface area (Å²) < 4.78 is 27.2. The van der Waals surface area contributed by atoms with E-state index in [0.29, 0.717) is 6.42 Å². The molecule has 0 aromatic heterocycles. The largest absolute Gasteiger partial charge is 0.446 e. The van der Waals surface area contributed by atoms with Gasteiger partial charge in [0.2, 0.25) is 0 Å². The maximum atomic E-state index is 12.6. The van der Waals surface area contributed by atoms with Gasteiger partial charge < -0.3 is 24.6 Å². The number of hydrogen-bond donors (Lipinski definition) is 1. The maximum Gasteiger partial charge on any atom is 0.446 e. The van der Waals surface area contributed by atoms with Crippen molar-refractivity contribution in [3.05, 3.63) is 5.53 Å². The molecule has 0 aliphatic carbocycles. The lowest BCUT2D eigenvalue weighted by Crippen LogP contribution is -2.41. The highest BCUT2D eigenvalue weighted by Crippen LogP contribution is 2.47. The van der Waals surface area contributed by atoms with E-state index in [2.05, 4.69) is 17.0 Å². The van der Waals surface area contributed by atoms with Gasteiger partial charge in [-0.05, 0) is 27.2 Å². The minimum absolute atomic E-state index is 0.217. The minimum atomic E-state index is -4.01. The van der Waals surface area contributed by atoms with E-state index in [1.807, 2.05) is 0 Å². The van der Waals surface area contributed by atoms with Crippen LogP contribution in [-0.2, 0) is 23.1 Å². The standard InChI is InChI=1S/C20H38N3O6P/c1-7-8-9-10-11-12-13-14-16(22-19(25)29-20(2,3)4)15-17(24)18(23-21)30(26,27-5)28-6/h16H,7-15H2,1-6H3,(H,22,25)/t16-/m1/s1. The molecule has 0 radical (unpaired) electrons. The van der Waals surface area contributed by atoms with Crippen LogP contribution in [0.5, 0.6) is 0 Å². The minimum Gasteiger partial charge on any atom is -0.444 e. The van der Waals surface area contributed by atoms with Crippen molar-refractivity contribution in [1.29, 1.82) is 0 Å². The van der Waals surface area contributed by atoms with E-state index in [9.17, 15) is 19.7 Å². The van der Waals surface area contributed by atoms with E-state index < -0.39 is 36.6 Å². The highest BCUT2D eigenvalue weighted by atomic mass is 31.2. The molecule has 0 aliphatic heterocycles. The Morgan fingerprint density at radius 1 is 1.03 bits per heavy atom. The molecule has 10 heteroatoms. The molecule has 30 heavy (non-hydrogen) atoms. The molecule has 0 saturated carbocycles. The van der Waals surface area contributed by atoms with Crippen molar-refractivity contribution >= 4 is 24.9 Å². The lowest BCUT2D eigenvalue weighted by atomic mass is 10.0. The first-order chi connectivity index (χ1) is 14.0. The van der Waals surface area contributed by atoms with Crippen molar-refractivity contribution < 1.29 is 32.7 Å². The third kappa shape index (κ3) is 11.6. The normalized spacial score (nSPS) is 12.7. The number of Topliss-reactive ketones (excluding diaryl/α,β-unsaturated/α-hetero) is 1. The molecule has 9 nitrogen and oxygen atoms in total. The molecule has 0 bridgehead atoms. The van der Waals surface area contributed by atoms with Crippen molar-refractivity contribution in [2.24, 2.45) is 0 Å². The van der Waals surface area contributed by atoms with Gasteiger partial charge >= 0.3 is 19.1 Å². The van der Waals surface area contributed by atoms with Crippen LogP contribution in [0.15, 0.2) is 0 Å². The van der Waals surface area contributed by atoms with Gasteiger partial charge in [-0.1, -0.05) is 51.9 Å². The quantitative estimate of drug-likeness (QED) is 0.122. The van der Waals surface area contributed by atoms with Crippen LogP contribution >= 0.6 is 7.60 Å². The molecule has 0 aromatic rings. The average Bonchev–Trinajstić information content (AvgIpc) is 2.65. The van der Waals surface area contributed by atoms with E-state index in [-0.39, 0.29) is 6.42 Å². The maximum absolute atomic E-state index is 12.6. The summed E-state index contributed by atoms with van der Waals surface area (Å²) in [5, 5.41) is 2.69. The van der Waals surface area contributed by atoms with Crippen molar-refractivity contribution in [2.75, 3.05) is 14.2 Å². The zero-order valence-corrected chi connectivity index (χ0v) is 20.1. The van der Waals surface area contributed by atoms with Crippen LogP contribution < -0.4 is 5.32 Å². The Morgan fingerprint density at radius 3 is 2.03 bits per heavy atom. The summed E-state index contributed by atoms with van der Waals surface area (Å²) in [5.41, 5.74) is 7.81. The number of ketones is 1. The van der Waals surface area contributed by atoms with Gasteiger partial charge in [0.25, 0.3) is 5.78 Å². The zero-order chi connectivity index (χ0) is 23.2. The molecule has 0 unspecified atom stereocenters. The molecule has 174 valence electrons. The van der Waals surface area contributed by atoms with Crippen LogP contribution in [0.3, 0.4) is 0 Å². The highest BCUT2D eigenvalue weighted by Gasteiger charge is 2.44. The molecule has 0 heterocycles. The number of alkyl carbamates (subject to hydrolysis) is 1. The molecule has 0 saturated heterocycles. The molecule has 1 N–H and O–H groups in total. The topological polar surface area (TPSA) is 127 Å². The average molecular weight is 448 g/mol. The molecule has 0 rings (SSSR count). The van der Waals surface area contributed by atoms with Gasteiger partial charge in [-0.25, -0.2) is 9.36 Å². The van der Waals surface area contributed by atoms with Crippen LogP contribution in [0, 0.1) is 0 Å². The summed E-state index contributed by atoms with van der Waals surface area (Å²) >= 11 is 0. The first-order valence-corrected chi connectivity index (χ1v) is 12.0. The van der Waals surface area contributed by atoms with Crippen LogP contribution in [0.1, 0.15) is 85.5 Å². The molecule has 1 amide bonds. The second kappa shape index (κ2) is 14.5. The number of hydrogen-bond acceptors (Lipinski definition) is 6. The number of carbonyl (C=O) groups excluding carboxylic acids is 2. The lowest BCUT2D eigenvalue weighted by molar-refractivity contribution is -0.117. The van der Waals surface area contributed by atoms with Crippen LogP contribution in [0.4, 0.5) is 4.79 Å². The van der Waals surface area contributed by atoms with Crippen LogP contribution in [0.2, 0.25) is 0 Å². The molecule has 0 aromatic carbocycles. The predicted molar refractivity (Wildman–Crippen MR) is 116 cm³/mol. The zero-order valence-electron chi connectivity index (χ0n) is 19.2. The van der Waals surface area contributed by atoms with Crippen molar-refractivity contribution in [1.82, 2.24) is 5.32 Å². The third-order valence-electron chi connectivity index (χ3n) is 4.39. The predicted octanol–water partition coefficient (Wildman–Crippen LogP) is 5.09. The molecular weight excluding hydrogens is 409 g/mol. The lowest BCUT2D eigenvalue weighted by Gasteiger charge is -2.23. The molecule has 0 fully saturated rings. The number of amides is 1. The van der Waals surface area contributed by atoms with E-state index in [4.69, 9.17) is 13.8 Å². The number of carbonyl (C=O) groups is 2. The van der Waals surface area contributed by atoms with Crippen molar-refractivity contribution in [2.45, 2.75) is 97.1 Å². The first-order valence-electron chi connectivity index (χ1n) is 10.5. The Bertz CT molecular complexity index is 633. The SMILES string of the molecule is CCCCCCCCC[C@H](CC(=O)C(=[N+]=[N-])P(=O)(OC)OC)NC(=O)OC(C)(C)C. The van der Waals surface area contributed by atoms with Gasteiger partial charge in [0.15, 0.2) is 0 Å². The van der Waals surface area contributed by atoms with E-state index in [1.165, 1.54) is 19.3 Å². The second-order valence-corrected chi connectivity index (χ2v) is 10.3. The van der Waals surface area contributed by atoms with Gasteiger partial charge in [-0.15, -0.1) is 0 Å². The number of nitrogens with zero attached hydrogens (tertiary/aromatic N) is 2. The Kier molecular flexibility index (Phi) is 13.7. The summed E-state index contributed by atoms with van der Waals surface area (Å²) in [5.74, 6) is -0.728. The fourth-order valence-electron chi connectivity index (χ4n) is 2.87. The van der Waals surface area contributed by atoms with Gasteiger partial charge in [0, 0.05) is 26.7 Å². The van der Waals surface area contributed by atoms with Gasteiger partial charge in [0.05, 0.1) is 0 Å². The Labute approximate surface area is 180 Å². The molecule has 0 spiro atoms. The molecule has 1 atom stereocenters. The van der Waals surface area contributed by atoms with Gasteiger partial charge in [-0.2, -0.15) is 4.79 Å². The fourth-order valence-corrected chi connectivity index (χ4v) is 3.87. The van der Waals surface area contributed by atoms with Gasteiger partial charge in [0.1, 0.15) is 5.60 Å². The highest BCUT2D eigenvalue weighted by molar-refractivity contribution is 7.74. The second-order valence-electron chi connectivity index (χ2n) is 8.17. The van der Waals surface area contributed by atoms with Crippen LogP contribution in [0.25, 0.3) is 5.53 Å². The summed E-state index contributed by atoms with van der Waals surface area (Å²) in [6.45, 7) is 7.40. The van der Waals surface area contributed by atoms with Crippen LogP contribution in [-0.4, -0.2) is 48.0 Å². The first kappa shape index (κ1) is 28.5. The number of nitrogens with one attached hydrogen (secondary N) is 1. The van der Waals surface area contributed by atoms with Gasteiger partial charge in [-0.3, -0.25) is 4.79 Å². The number of ether oxygens (including phenoxy) is 1. The smallest absolute Gasteiger partial charge is 0.444 e. The number of rotatable bonds is 15. The number of unbranched alkanes of at least 4 members (excludes halogenated alkanes) is 6. The van der Waals surface area contributed by atoms with Crippen molar-refractivity contribution in [3.63, 3.8) is 0 Å². The summed E-state index contributed by atoms with van der Waals surface area (Å²) in [7, 11) is -1.82. The Morgan fingerprint density at radius 2 is 1.57 bits per heavy atom. The summed E-state index contributed by atoms with van der Waals surface area (Å²) in [6.07, 6.45) is 7.29. The summed E-state index contributed by atoms with van der Waals surface area (Å²) in [4.78, 5) is 27.6. The molecular formula is C20H38N3O6P. The third-order valence-corrected chi connectivity index (χ3v) is 6.21. The summed E-state index contributed by atoms with van der Waals surface area (Å²) in [6, 6.07) is -0.568. The monoisotopic (exact) mass is 447 g/mol. The van der Waals surface area contributed by atoms with E-state index in [1.54, 1.807) is 20.8 Å². The Hall–Kier alpha value is -1.53. The molecule has 0 aliphatic rings. The van der Waals surface area contributed by atoms with E-state index >= 15 is 0 Å². The van der Waals surface area contributed by atoms with Crippen molar-refractivity contribution in [3.8, 4) is 0 Å². The fraction of sp³-hybridized carbons (Fsp3) is 0.850.